The van der Waals surface area contributed by atoms with Gasteiger partial charge in [0.15, 0.2) is 0 Å². The van der Waals surface area contributed by atoms with Gasteiger partial charge in [0.25, 0.3) is 10.0 Å². The minimum absolute atomic E-state index is 0.0326. The van der Waals surface area contributed by atoms with Crippen LogP contribution in [0.15, 0.2) is 77.7 Å². The average molecular weight is 656 g/mol. The van der Waals surface area contributed by atoms with Crippen molar-refractivity contribution in [2.45, 2.75) is 75.9 Å². The Hall–Kier alpha value is -3.76. The number of nitrogens with one attached hydrogen (secondary N) is 1. The number of hydrogen-bond donors (Lipinski definition) is 1. The van der Waals surface area contributed by atoms with E-state index < -0.39 is 28.5 Å². The minimum atomic E-state index is -4.27. The summed E-state index contributed by atoms with van der Waals surface area (Å²) in [6.45, 7) is 3.49. The smallest absolute Gasteiger partial charge is 0.264 e. The van der Waals surface area contributed by atoms with Gasteiger partial charge in [0.2, 0.25) is 11.8 Å². The van der Waals surface area contributed by atoms with Crippen molar-refractivity contribution in [3.05, 3.63) is 83.4 Å². The first-order chi connectivity index (χ1) is 21.7. The van der Waals surface area contributed by atoms with Crippen LogP contribution in [0.3, 0.4) is 0 Å². The average Bonchev–Trinajstić information content (AvgIpc) is 3.05. The van der Waals surface area contributed by atoms with E-state index in [9.17, 15) is 18.0 Å². The number of rotatable bonds is 14. The number of halogens is 1. The second-order valence-corrected chi connectivity index (χ2v) is 13.3. The molecule has 1 saturated carbocycles. The molecule has 242 valence electrons. The predicted octanol–water partition coefficient (Wildman–Crippen LogP) is 6.20. The quantitative estimate of drug-likeness (QED) is 0.222. The van der Waals surface area contributed by atoms with Gasteiger partial charge in [-0.05, 0) is 80.3 Å². The van der Waals surface area contributed by atoms with Crippen molar-refractivity contribution >= 4 is 39.1 Å². The molecule has 4 rings (SSSR count). The van der Waals surface area contributed by atoms with Crippen LogP contribution in [0.4, 0.5) is 5.69 Å². The Kier molecular flexibility index (Phi) is 12.1. The van der Waals surface area contributed by atoms with Gasteiger partial charge in [0.1, 0.15) is 24.1 Å². The van der Waals surface area contributed by atoms with Gasteiger partial charge in [-0.3, -0.25) is 13.9 Å². The van der Waals surface area contributed by atoms with E-state index in [-0.39, 0.29) is 29.1 Å². The number of carbonyl (C=O) groups is 2. The van der Waals surface area contributed by atoms with Gasteiger partial charge in [0, 0.05) is 17.6 Å². The summed E-state index contributed by atoms with van der Waals surface area (Å²) in [4.78, 5) is 29.6. The summed E-state index contributed by atoms with van der Waals surface area (Å²) in [5.41, 5.74) is 0.988. The van der Waals surface area contributed by atoms with Crippen LogP contribution in [0.2, 0.25) is 5.02 Å². The Balaban J connectivity index is 1.74. The number of carbonyl (C=O) groups excluding carboxylic acids is 2. The van der Waals surface area contributed by atoms with Crippen molar-refractivity contribution in [1.29, 1.82) is 0 Å². The number of methoxy groups -OCH3 is 1. The lowest BCUT2D eigenvalue weighted by molar-refractivity contribution is -0.140. The van der Waals surface area contributed by atoms with E-state index in [0.717, 1.165) is 42.0 Å². The summed E-state index contributed by atoms with van der Waals surface area (Å²) in [7, 11) is -2.69. The molecule has 1 aliphatic rings. The van der Waals surface area contributed by atoms with Crippen molar-refractivity contribution in [3.8, 4) is 11.5 Å². The van der Waals surface area contributed by atoms with Crippen molar-refractivity contribution < 1.29 is 27.5 Å². The van der Waals surface area contributed by atoms with Crippen LogP contribution in [0.1, 0.15) is 57.9 Å². The Morgan fingerprint density at radius 3 is 2.24 bits per heavy atom. The van der Waals surface area contributed by atoms with E-state index in [1.54, 1.807) is 50.4 Å². The molecule has 0 radical (unpaired) electrons. The monoisotopic (exact) mass is 655 g/mol. The third-order valence-corrected chi connectivity index (χ3v) is 9.99. The van der Waals surface area contributed by atoms with E-state index in [4.69, 9.17) is 21.1 Å². The van der Waals surface area contributed by atoms with Gasteiger partial charge in [-0.1, -0.05) is 62.1 Å². The van der Waals surface area contributed by atoms with Crippen LogP contribution in [-0.2, 0) is 26.2 Å². The lowest BCUT2D eigenvalue weighted by Gasteiger charge is -2.34. The predicted molar refractivity (Wildman–Crippen MR) is 176 cm³/mol. The molecule has 1 unspecified atom stereocenters. The van der Waals surface area contributed by atoms with E-state index >= 15 is 0 Å². The Bertz CT molecular complexity index is 1530. The third kappa shape index (κ3) is 8.70. The lowest BCUT2D eigenvalue weighted by Crippen LogP contribution is -2.54. The van der Waals surface area contributed by atoms with Crippen molar-refractivity contribution in [3.63, 3.8) is 0 Å². The fraction of sp³-hybridized carbons (Fsp3) is 0.412. The van der Waals surface area contributed by atoms with Gasteiger partial charge in [-0.15, -0.1) is 0 Å². The zero-order chi connectivity index (χ0) is 32.4. The van der Waals surface area contributed by atoms with Gasteiger partial charge in [0.05, 0.1) is 24.3 Å². The highest BCUT2D eigenvalue weighted by Gasteiger charge is 2.35. The molecule has 3 aromatic carbocycles. The first kappa shape index (κ1) is 34.1. The Morgan fingerprint density at radius 2 is 1.62 bits per heavy atom. The van der Waals surface area contributed by atoms with Crippen LogP contribution in [-0.4, -0.2) is 57.5 Å². The number of nitrogens with zero attached hydrogens (tertiary/aromatic N) is 2. The molecule has 0 spiro atoms. The molecule has 1 fully saturated rings. The Labute approximate surface area is 271 Å². The highest BCUT2D eigenvalue weighted by Crippen LogP contribution is 2.33. The van der Waals surface area contributed by atoms with E-state index in [1.807, 2.05) is 19.1 Å². The minimum Gasteiger partial charge on any atom is -0.497 e. The van der Waals surface area contributed by atoms with Crippen LogP contribution >= 0.6 is 11.6 Å². The second kappa shape index (κ2) is 16.0. The molecular formula is C34H42ClN3O6S. The maximum Gasteiger partial charge on any atom is 0.264 e. The number of para-hydroxylation sites is 2. The number of amides is 2. The first-order valence-corrected chi connectivity index (χ1v) is 17.2. The highest BCUT2D eigenvalue weighted by atomic mass is 35.5. The van der Waals surface area contributed by atoms with E-state index in [1.165, 1.54) is 29.2 Å². The fourth-order valence-corrected chi connectivity index (χ4v) is 7.13. The lowest BCUT2D eigenvalue weighted by atomic mass is 9.95. The van der Waals surface area contributed by atoms with Gasteiger partial charge >= 0.3 is 0 Å². The maximum atomic E-state index is 14.4. The number of sulfonamides is 1. The molecular weight excluding hydrogens is 614 g/mol. The second-order valence-electron chi connectivity index (χ2n) is 11.0. The molecule has 0 saturated heterocycles. The topological polar surface area (TPSA) is 105 Å². The van der Waals surface area contributed by atoms with Crippen LogP contribution in [0.25, 0.3) is 0 Å². The molecule has 1 aliphatic carbocycles. The van der Waals surface area contributed by atoms with E-state index in [0.29, 0.717) is 29.5 Å². The summed E-state index contributed by atoms with van der Waals surface area (Å²) in [6, 6.07) is 18.9. The fourth-order valence-electron chi connectivity index (χ4n) is 5.58. The highest BCUT2D eigenvalue weighted by molar-refractivity contribution is 7.92. The summed E-state index contributed by atoms with van der Waals surface area (Å²) < 4.78 is 40.5. The van der Waals surface area contributed by atoms with Crippen molar-refractivity contribution in [2.75, 3.05) is 24.6 Å². The van der Waals surface area contributed by atoms with Gasteiger partial charge < -0.3 is 19.7 Å². The summed E-state index contributed by atoms with van der Waals surface area (Å²) in [5, 5.41) is 3.55. The molecule has 45 heavy (non-hydrogen) atoms. The molecule has 0 aromatic heterocycles. The standard InChI is InChI=1S/C34H42ClN3O6S/c1-4-30(34(40)36-27-11-7-6-8-12-27)37(23-25-15-19-28(43-3)20-16-25)33(39)24-38(31-13-9-10-14-32(31)44-5-2)45(41,42)29-21-17-26(35)18-22-29/h9-10,13-22,27,30H,4-8,11-12,23-24H2,1-3H3,(H,36,40). The summed E-state index contributed by atoms with van der Waals surface area (Å²) in [6.07, 6.45) is 5.39. The molecule has 9 nitrogen and oxygen atoms in total. The number of anilines is 1. The molecule has 0 aliphatic heterocycles. The first-order valence-electron chi connectivity index (χ1n) is 15.4. The third-order valence-electron chi connectivity index (χ3n) is 7.96. The van der Waals surface area contributed by atoms with Crippen molar-refractivity contribution in [1.82, 2.24) is 10.2 Å². The molecule has 1 atom stereocenters. The molecule has 0 bridgehead atoms. The van der Waals surface area contributed by atoms with Crippen LogP contribution < -0.4 is 19.1 Å². The van der Waals surface area contributed by atoms with Gasteiger partial charge in [-0.25, -0.2) is 8.42 Å². The van der Waals surface area contributed by atoms with Crippen LogP contribution in [0.5, 0.6) is 11.5 Å². The SMILES string of the molecule is CCOc1ccccc1N(CC(=O)N(Cc1ccc(OC)cc1)C(CC)C(=O)NC1CCCCC1)S(=O)(=O)c1ccc(Cl)cc1. The maximum absolute atomic E-state index is 14.4. The van der Waals surface area contributed by atoms with Crippen molar-refractivity contribution in [2.24, 2.45) is 0 Å². The normalized spacial score (nSPS) is 14.3. The zero-order valence-electron chi connectivity index (χ0n) is 26.1. The van der Waals surface area contributed by atoms with E-state index in [2.05, 4.69) is 5.32 Å². The summed E-state index contributed by atoms with van der Waals surface area (Å²) >= 11 is 6.06. The number of hydrogen-bond acceptors (Lipinski definition) is 6. The largest absolute Gasteiger partial charge is 0.497 e. The molecule has 11 heteroatoms. The Morgan fingerprint density at radius 1 is 0.956 bits per heavy atom. The van der Waals surface area contributed by atoms with Gasteiger partial charge in [-0.2, -0.15) is 0 Å². The molecule has 2 amide bonds. The molecule has 0 heterocycles. The molecule has 1 N–H and O–H groups in total. The number of benzene rings is 3. The molecule has 3 aromatic rings. The van der Waals surface area contributed by atoms with Crippen LogP contribution in [0, 0.1) is 0 Å². The zero-order valence-corrected chi connectivity index (χ0v) is 27.6. The number of ether oxygens (including phenoxy) is 2. The summed E-state index contributed by atoms with van der Waals surface area (Å²) in [5.74, 6) is 0.203.